The Morgan fingerprint density at radius 2 is 1.84 bits per heavy atom. The molecule has 0 bridgehead atoms. The van der Waals surface area contributed by atoms with Gasteiger partial charge in [0.05, 0.1) is 18.1 Å². The minimum Gasteiger partial charge on any atom is -0.347 e. The number of amides is 2. The first-order valence-corrected chi connectivity index (χ1v) is 7.91. The van der Waals surface area contributed by atoms with Crippen molar-refractivity contribution >= 4 is 21.7 Å². The molecule has 0 radical (unpaired) electrons. The topological polar surface area (TPSA) is 86.8 Å². The molecular weight excluding hydrogens is 270 g/mol. The molecule has 0 saturated carbocycles. The summed E-state index contributed by atoms with van der Waals surface area (Å²) < 4.78 is 22.9. The maximum Gasteiger partial charge on any atom is 0.241 e. The van der Waals surface area contributed by atoms with Crippen LogP contribution in [0.25, 0.3) is 0 Å². The molecule has 7 nitrogen and oxygen atoms in total. The number of carbonyl (C=O) groups is 2. The maximum absolute atomic E-state index is 11.9. The van der Waals surface area contributed by atoms with E-state index in [0.717, 1.165) is 0 Å². The van der Waals surface area contributed by atoms with Crippen molar-refractivity contribution in [3.63, 3.8) is 0 Å². The molecule has 1 unspecified atom stereocenters. The van der Waals surface area contributed by atoms with E-state index in [1.165, 1.54) is 9.80 Å². The highest BCUT2D eigenvalue weighted by molar-refractivity contribution is 7.91. The first-order chi connectivity index (χ1) is 8.71. The number of hydrogen-bond donors (Lipinski definition) is 1. The standard InChI is InChI=1S/C11H21N3O4S/c1-13(2)11(16)7-14(3)10(15)6-9-8-19(17,18)5-4-12-9/h9,12H,4-8H2,1-3H3. The van der Waals surface area contributed by atoms with Crippen molar-refractivity contribution in [2.75, 3.05) is 45.7 Å². The predicted molar refractivity (Wildman–Crippen MR) is 71.4 cm³/mol. The summed E-state index contributed by atoms with van der Waals surface area (Å²) in [6.45, 7) is 0.381. The molecule has 2 amide bonds. The van der Waals surface area contributed by atoms with E-state index in [0.29, 0.717) is 6.54 Å². The lowest BCUT2D eigenvalue weighted by Gasteiger charge is -2.25. The van der Waals surface area contributed by atoms with E-state index in [2.05, 4.69) is 5.32 Å². The molecule has 0 aliphatic carbocycles. The number of rotatable bonds is 4. The highest BCUT2D eigenvalue weighted by atomic mass is 32.2. The molecule has 1 rings (SSSR count). The average Bonchev–Trinajstić information content (AvgIpc) is 2.27. The van der Waals surface area contributed by atoms with Gasteiger partial charge in [-0.15, -0.1) is 0 Å². The average molecular weight is 291 g/mol. The van der Waals surface area contributed by atoms with Gasteiger partial charge in [0.25, 0.3) is 0 Å². The van der Waals surface area contributed by atoms with Gasteiger partial charge in [-0.3, -0.25) is 9.59 Å². The van der Waals surface area contributed by atoms with Crippen molar-refractivity contribution in [2.24, 2.45) is 0 Å². The zero-order valence-corrected chi connectivity index (χ0v) is 12.4. The second-order valence-corrected chi connectivity index (χ2v) is 7.24. The molecule has 1 heterocycles. The third-order valence-corrected chi connectivity index (χ3v) is 4.76. The molecule has 8 heteroatoms. The van der Waals surface area contributed by atoms with Gasteiger partial charge in [-0.1, -0.05) is 0 Å². The van der Waals surface area contributed by atoms with Gasteiger partial charge in [0.2, 0.25) is 11.8 Å². The van der Waals surface area contributed by atoms with Crippen LogP contribution in [-0.4, -0.2) is 81.8 Å². The van der Waals surface area contributed by atoms with E-state index in [9.17, 15) is 18.0 Å². The zero-order chi connectivity index (χ0) is 14.6. The predicted octanol–water partition coefficient (Wildman–Crippen LogP) is -1.69. The lowest BCUT2D eigenvalue weighted by atomic mass is 10.2. The van der Waals surface area contributed by atoms with E-state index >= 15 is 0 Å². The van der Waals surface area contributed by atoms with Crippen molar-refractivity contribution < 1.29 is 18.0 Å². The van der Waals surface area contributed by atoms with Gasteiger partial charge in [-0.25, -0.2) is 8.42 Å². The number of carbonyl (C=O) groups excluding carboxylic acids is 2. The summed E-state index contributed by atoms with van der Waals surface area (Å²) in [5, 5.41) is 3.01. The molecule has 0 aromatic heterocycles. The normalized spacial score (nSPS) is 21.7. The Kier molecular flexibility index (Phi) is 5.30. The number of hydrogen-bond acceptors (Lipinski definition) is 5. The highest BCUT2D eigenvalue weighted by Crippen LogP contribution is 2.06. The molecule has 1 N–H and O–H groups in total. The molecule has 1 aliphatic rings. The summed E-state index contributed by atoms with van der Waals surface area (Å²) in [6.07, 6.45) is 0.0937. The van der Waals surface area contributed by atoms with Crippen LogP contribution in [0.1, 0.15) is 6.42 Å². The minimum atomic E-state index is -3.05. The van der Waals surface area contributed by atoms with Crippen molar-refractivity contribution in [1.29, 1.82) is 0 Å². The molecule has 1 atom stereocenters. The summed E-state index contributed by atoms with van der Waals surface area (Å²) in [7, 11) is 1.74. The van der Waals surface area contributed by atoms with Crippen LogP contribution >= 0.6 is 0 Å². The summed E-state index contributed by atoms with van der Waals surface area (Å²) in [5.41, 5.74) is 0. The summed E-state index contributed by atoms with van der Waals surface area (Å²) in [5.74, 6) is -0.300. The van der Waals surface area contributed by atoms with Crippen molar-refractivity contribution in [1.82, 2.24) is 15.1 Å². The van der Waals surface area contributed by atoms with Gasteiger partial charge < -0.3 is 15.1 Å². The van der Waals surface area contributed by atoms with E-state index in [4.69, 9.17) is 0 Å². The fraction of sp³-hybridized carbons (Fsp3) is 0.818. The molecule has 0 spiro atoms. The first-order valence-electron chi connectivity index (χ1n) is 6.09. The van der Waals surface area contributed by atoms with Gasteiger partial charge in [0.1, 0.15) is 0 Å². The van der Waals surface area contributed by atoms with E-state index in [1.807, 2.05) is 0 Å². The molecule has 1 fully saturated rings. The first kappa shape index (κ1) is 15.9. The quantitative estimate of drug-likeness (QED) is 0.668. The minimum absolute atomic E-state index is 0.00526. The van der Waals surface area contributed by atoms with Crippen LogP contribution in [0.5, 0.6) is 0 Å². The Bertz CT molecular complexity index is 447. The Morgan fingerprint density at radius 1 is 1.21 bits per heavy atom. The van der Waals surface area contributed by atoms with E-state index in [-0.39, 0.29) is 42.3 Å². The molecule has 0 aromatic carbocycles. The summed E-state index contributed by atoms with van der Waals surface area (Å²) >= 11 is 0. The molecule has 1 aliphatic heterocycles. The van der Waals surface area contributed by atoms with Crippen LogP contribution < -0.4 is 5.32 Å². The Morgan fingerprint density at radius 3 is 2.37 bits per heavy atom. The van der Waals surface area contributed by atoms with Gasteiger partial charge in [0.15, 0.2) is 9.84 Å². The van der Waals surface area contributed by atoms with Crippen molar-refractivity contribution in [3.8, 4) is 0 Å². The number of likely N-dealkylation sites (N-methyl/N-ethyl adjacent to an activating group) is 2. The molecule has 110 valence electrons. The van der Waals surface area contributed by atoms with Crippen LogP contribution in [0.15, 0.2) is 0 Å². The molecule has 1 saturated heterocycles. The van der Waals surface area contributed by atoms with Crippen LogP contribution in [0.4, 0.5) is 0 Å². The highest BCUT2D eigenvalue weighted by Gasteiger charge is 2.27. The Labute approximate surface area is 113 Å². The lowest BCUT2D eigenvalue weighted by Crippen LogP contribution is -2.48. The van der Waals surface area contributed by atoms with Gasteiger partial charge in [-0.05, 0) is 0 Å². The largest absolute Gasteiger partial charge is 0.347 e. The Balaban J connectivity index is 2.48. The smallest absolute Gasteiger partial charge is 0.241 e. The van der Waals surface area contributed by atoms with Crippen molar-refractivity contribution in [3.05, 3.63) is 0 Å². The van der Waals surface area contributed by atoms with Crippen LogP contribution in [0, 0.1) is 0 Å². The number of nitrogens with one attached hydrogen (secondary N) is 1. The van der Waals surface area contributed by atoms with Gasteiger partial charge in [-0.2, -0.15) is 0 Å². The van der Waals surface area contributed by atoms with E-state index in [1.54, 1.807) is 21.1 Å². The fourth-order valence-corrected chi connectivity index (χ4v) is 3.24. The van der Waals surface area contributed by atoms with Gasteiger partial charge in [0, 0.05) is 40.2 Å². The van der Waals surface area contributed by atoms with E-state index < -0.39 is 9.84 Å². The third kappa shape index (κ3) is 5.15. The molecule has 0 aromatic rings. The zero-order valence-electron chi connectivity index (χ0n) is 11.5. The lowest BCUT2D eigenvalue weighted by molar-refractivity contribution is -0.138. The Hall–Kier alpha value is -1.15. The molecule has 19 heavy (non-hydrogen) atoms. The second kappa shape index (κ2) is 6.33. The third-order valence-electron chi connectivity index (χ3n) is 3.02. The summed E-state index contributed by atoms with van der Waals surface area (Å²) in [6, 6.07) is -0.358. The fourth-order valence-electron chi connectivity index (χ4n) is 1.80. The van der Waals surface area contributed by atoms with Crippen LogP contribution in [0.3, 0.4) is 0 Å². The van der Waals surface area contributed by atoms with Crippen LogP contribution in [-0.2, 0) is 19.4 Å². The maximum atomic E-state index is 11.9. The molecular formula is C11H21N3O4S. The van der Waals surface area contributed by atoms with Crippen molar-refractivity contribution in [2.45, 2.75) is 12.5 Å². The SMILES string of the molecule is CN(C)C(=O)CN(C)C(=O)CC1CS(=O)(=O)CCN1. The monoisotopic (exact) mass is 291 g/mol. The number of nitrogens with zero attached hydrogens (tertiary/aromatic N) is 2. The van der Waals surface area contributed by atoms with Gasteiger partial charge >= 0.3 is 0 Å². The summed E-state index contributed by atoms with van der Waals surface area (Å²) in [4.78, 5) is 26.1. The van der Waals surface area contributed by atoms with Crippen LogP contribution in [0.2, 0.25) is 0 Å². The number of sulfone groups is 1. The second-order valence-electron chi connectivity index (χ2n) is 5.01.